The van der Waals surface area contributed by atoms with Gasteiger partial charge in [-0.1, -0.05) is 26.0 Å². The van der Waals surface area contributed by atoms with Crippen LogP contribution in [0.1, 0.15) is 38.2 Å². The van der Waals surface area contributed by atoms with Crippen LogP contribution >= 0.6 is 0 Å². The number of carbonyl (C=O) groups excluding carboxylic acids is 1. The third kappa shape index (κ3) is 2.34. The van der Waals surface area contributed by atoms with Gasteiger partial charge in [0, 0.05) is 12.7 Å². The number of hydrogen-bond donors (Lipinski definition) is 1. The summed E-state index contributed by atoms with van der Waals surface area (Å²) in [5.74, 6) is 0.490. The highest BCUT2D eigenvalue weighted by Crippen LogP contribution is 2.35. The van der Waals surface area contributed by atoms with E-state index in [1.54, 1.807) is 11.9 Å². The molecule has 3 nitrogen and oxygen atoms in total. The first-order chi connectivity index (χ1) is 7.94. The Labute approximate surface area is 103 Å². The van der Waals surface area contributed by atoms with Crippen LogP contribution in [-0.4, -0.2) is 18.5 Å². The van der Waals surface area contributed by atoms with Crippen LogP contribution in [0, 0.1) is 0 Å². The van der Waals surface area contributed by atoms with E-state index < -0.39 is 5.54 Å². The fourth-order valence-electron chi connectivity index (χ4n) is 1.89. The summed E-state index contributed by atoms with van der Waals surface area (Å²) < 4.78 is 0. The fraction of sp³-hybridized carbons (Fsp3) is 0.500. The van der Waals surface area contributed by atoms with Crippen molar-refractivity contribution < 1.29 is 4.79 Å². The lowest BCUT2D eigenvalue weighted by Gasteiger charge is -2.22. The summed E-state index contributed by atoms with van der Waals surface area (Å²) in [6, 6.07) is 8.09. The van der Waals surface area contributed by atoms with E-state index in [4.69, 9.17) is 5.73 Å². The number of nitrogens with two attached hydrogens (primary N) is 1. The van der Waals surface area contributed by atoms with Crippen molar-refractivity contribution >= 4 is 11.6 Å². The van der Waals surface area contributed by atoms with E-state index in [2.05, 4.69) is 26.0 Å². The summed E-state index contributed by atoms with van der Waals surface area (Å²) in [5, 5.41) is 0. The van der Waals surface area contributed by atoms with Gasteiger partial charge in [0.15, 0.2) is 0 Å². The van der Waals surface area contributed by atoms with E-state index in [9.17, 15) is 4.79 Å². The van der Waals surface area contributed by atoms with Gasteiger partial charge in [-0.25, -0.2) is 0 Å². The minimum atomic E-state index is -0.595. The number of benzene rings is 1. The van der Waals surface area contributed by atoms with Gasteiger partial charge >= 0.3 is 0 Å². The van der Waals surface area contributed by atoms with E-state index in [1.807, 2.05) is 12.1 Å². The first kappa shape index (κ1) is 12.1. The van der Waals surface area contributed by atoms with E-state index in [0.29, 0.717) is 5.92 Å². The molecule has 2 N–H and O–H groups in total. The lowest BCUT2D eigenvalue weighted by atomic mass is 10.0. The van der Waals surface area contributed by atoms with Crippen molar-refractivity contribution in [3.8, 4) is 0 Å². The second kappa shape index (κ2) is 4.15. The zero-order valence-electron chi connectivity index (χ0n) is 10.7. The molecule has 0 heterocycles. The average Bonchev–Trinajstić information content (AvgIpc) is 3.07. The molecule has 17 heavy (non-hydrogen) atoms. The molecule has 0 spiro atoms. The molecule has 1 aliphatic rings. The Bertz CT molecular complexity index is 436. The van der Waals surface area contributed by atoms with Crippen molar-refractivity contribution in [3.63, 3.8) is 0 Å². The number of rotatable bonds is 3. The summed E-state index contributed by atoms with van der Waals surface area (Å²) in [4.78, 5) is 13.8. The fourth-order valence-corrected chi connectivity index (χ4v) is 1.89. The number of carbonyl (C=O) groups is 1. The van der Waals surface area contributed by atoms with Gasteiger partial charge in [-0.2, -0.15) is 0 Å². The molecule has 3 heteroatoms. The number of nitrogens with zero attached hydrogens (tertiary/aromatic N) is 1. The maximum Gasteiger partial charge on any atom is 0.246 e. The Morgan fingerprint density at radius 2 is 2.06 bits per heavy atom. The highest BCUT2D eigenvalue weighted by Gasteiger charge is 2.47. The molecule has 1 aromatic rings. The third-order valence-corrected chi connectivity index (χ3v) is 3.44. The molecule has 0 aromatic heterocycles. The SMILES string of the molecule is CC(C)c1cccc(N(C)C(=O)C2(N)CC2)c1. The molecule has 0 radical (unpaired) electrons. The second-order valence-corrected chi connectivity index (χ2v) is 5.27. The summed E-state index contributed by atoms with van der Waals surface area (Å²) in [6.07, 6.45) is 1.61. The zero-order chi connectivity index (χ0) is 12.6. The predicted octanol–water partition coefficient (Wildman–Crippen LogP) is 2.26. The second-order valence-electron chi connectivity index (χ2n) is 5.27. The number of amides is 1. The molecule has 92 valence electrons. The monoisotopic (exact) mass is 232 g/mol. The standard InChI is InChI=1S/C14H20N2O/c1-10(2)11-5-4-6-12(9-11)16(3)13(17)14(15)7-8-14/h4-6,9-10H,7-8,15H2,1-3H3. The molecule has 1 aromatic carbocycles. The lowest BCUT2D eigenvalue weighted by molar-refractivity contribution is -0.120. The largest absolute Gasteiger partial charge is 0.317 e. The van der Waals surface area contributed by atoms with Gasteiger partial charge in [0.2, 0.25) is 5.91 Å². The Hall–Kier alpha value is -1.35. The van der Waals surface area contributed by atoms with Gasteiger partial charge in [0.1, 0.15) is 0 Å². The van der Waals surface area contributed by atoms with E-state index in [-0.39, 0.29) is 5.91 Å². The highest BCUT2D eigenvalue weighted by molar-refractivity contribution is 6.01. The van der Waals surface area contributed by atoms with E-state index in [1.165, 1.54) is 5.56 Å². The lowest BCUT2D eigenvalue weighted by Crippen LogP contribution is -2.43. The van der Waals surface area contributed by atoms with Crippen molar-refractivity contribution in [2.45, 2.75) is 38.1 Å². The molecule has 0 aliphatic heterocycles. The number of anilines is 1. The number of hydrogen-bond acceptors (Lipinski definition) is 2. The molecule has 2 rings (SSSR count). The topological polar surface area (TPSA) is 46.3 Å². The summed E-state index contributed by atoms with van der Waals surface area (Å²) in [7, 11) is 1.80. The predicted molar refractivity (Wildman–Crippen MR) is 70.1 cm³/mol. The summed E-state index contributed by atoms with van der Waals surface area (Å²) in [6.45, 7) is 4.29. The maximum absolute atomic E-state index is 12.1. The van der Waals surface area contributed by atoms with Crippen LogP contribution in [0.4, 0.5) is 5.69 Å². The minimum absolute atomic E-state index is 0.0263. The molecular weight excluding hydrogens is 212 g/mol. The molecule has 0 bridgehead atoms. The van der Waals surface area contributed by atoms with Gasteiger partial charge < -0.3 is 10.6 Å². The van der Waals surface area contributed by atoms with E-state index >= 15 is 0 Å². The smallest absolute Gasteiger partial charge is 0.246 e. The van der Waals surface area contributed by atoms with Gasteiger partial charge in [0.05, 0.1) is 5.54 Å². The molecule has 0 atom stereocenters. The van der Waals surface area contributed by atoms with Crippen molar-refractivity contribution in [2.75, 3.05) is 11.9 Å². The van der Waals surface area contributed by atoms with Crippen LogP contribution in [0.3, 0.4) is 0 Å². The molecule has 0 saturated heterocycles. The Balaban J connectivity index is 2.21. The van der Waals surface area contributed by atoms with Crippen molar-refractivity contribution in [2.24, 2.45) is 5.73 Å². The van der Waals surface area contributed by atoms with Crippen molar-refractivity contribution in [1.82, 2.24) is 0 Å². The first-order valence-electron chi connectivity index (χ1n) is 6.11. The highest BCUT2D eigenvalue weighted by atomic mass is 16.2. The minimum Gasteiger partial charge on any atom is -0.317 e. The maximum atomic E-state index is 12.1. The summed E-state index contributed by atoms with van der Waals surface area (Å²) >= 11 is 0. The quantitative estimate of drug-likeness (QED) is 0.869. The molecule has 1 amide bonds. The van der Waals surface area contributed by atoms with E-state index in [0.717, 1.165) is 18.5 Å². The third-order valence-electron chi connectivity index (χ3n) is 3.44. The van der Waals surface area contributed by atoms with Crippen LogP contribution in [0.25, 0.3) is 0 Å². The van der Waals surface area contributed by atoms with Crippen LogP contribution in [0.15, 0.2) is 24.3 Å². The van der Waals surface area contributed by atoms with Crippen LogP contribution < -0.4 is 10.6 Å². The van der Waals surface area contributed by atoms with Crippen LogP contribution in [-0.2, 0) is 4.79 Å². The Morgan fingerprint density at radius 1 is 1.41 bits per heavy atom. The van der Waals surface area contributed by atoms with Gasteiger partial charge in [-0.3, -0.25) is 4.79 Å². The summed E-state index contributed by atoms with van der Waals surface area (Å²) in [5.41, 5.74) is 7.51. The molecule has 1 aliphatic carbocycles. The normalized spacial score (nSPS) is 17.0. The molecule has 1 saturated carbocycles. The van der Waals surface area contributed by atoms with Gasteiger partial charge in [-0.05, 0) is 36.5 Å². The first-order valence-corrected chi connectivity index (χ1v) is 6.11. The molecule has 1 fully saturated rings. The van der Waals surface area contributed by atoms with Crippen molar-refractivity contribution in [1.29, 1.82) is 0 Å². The molecular formula is C14H20N2O. The van der Waals surface area contributed by atoms with Crippen LogP contribution in [0.5, 0.6) is 0 Å². The Morgan fingerprint density at radius 3 is 2.59 bits per heavy atom. The average molecular weight is 232 g/mol. The van der Waals surface area contributed by atoms with Crippen LogP contribution in [0.2, 0.25) is 0 Å². The molecule has 0 unspecified atom stereocenters. The Kier molecular flexibility index (Phi) is 2.96. The zero-order valence-corrected chi connectivity index (χ0v) is 10.7. The van der Waals surface area contributed by atoms with Gasteiger partial charge in [0.25, 0.3) is 0 Å². The number of likely N-dealkylation sites (N-methyl/N-ethyl adjacent to an activating group) is 1. The van der Waals surface area contributed by atoms with Gasteiger partial charge in [-0.15, -0.1) is 0 Å². The van der Waals surface area contributed by atoms with Crippen molar-refractivity contribution in [3.05, 3.63) is 29.8 Å².